The highest BCUT2D eigenvalue weighted by Gasteiger charge is 2.39. The van der Waals surface area contributed by atoms with E-state index in [-0.39, 0.29) is 29.3 Å². The average Bonchev–Trinajstić information content (AvgIpc) is 3.43. The molecule has 1 fully saturated rings. The van der Waals surface area contributed by atoms with E-state index in [1.165, 1.54) is 6.07 Å². The second-order valence-corrected chi connectivity index (χ2v) is 10.2. The summed E-state index contributed by atoms with van der Waals surface area (Å²) in [5.74, 6) is -1.86. The first-order valence-electron chi connectivity index (χ1n) is 11.4. The molecule has 1 N–H and O–H groups in total. The van der Waals surface area contributed by atoms with Gasteiger partial charge in [0.2, 0.25) is 5.91 Å². The number of aromatic nitrogens is 1. The molecule has 0 atom stereocenters. The first kappa shape index (κ1) is 24.1. The maximum absolute atomic E-state index is 13.2. The van der Waals surface area contributed by atoms with E-state index >= 15 is 0 Å². The van der Waals surface area contributed by atoms with Crippen LogP contribution in [0.25, 0.3) is 0 Å². The molecule has 0 unspecified atom stereocenters. The van der Waals surface area contributed by atoms with Crippen LogP contribution in [0.4, 0.5) is 5.69 Å². The molecule has 0 radical (unpaired) electrons. The lowest BCUT2D eigenvalue weighted by atomic mass is 10.1. The van der Waals surface area contributed by atoms with Crippen LogP contribution in [0.5, 0.6) is 0 Å². The van der Waals surface area contributed by atoms with Gasteiger partial charge in [0, 0.05) is 45.1 Å². The van der Waals surface area contributed by atoms with Gasteiger partial charge in [-0.05, 0) is 42.0 Å². The minimum Gasteiger partial charge on any atom is -0.339 e. The maximum atomic E-state index is 13.2. The number of amides is 4. The van der Waals surface area contributed by atoms with Gasteiger partial charge in [-0.25, -0.2) is 0 Å². The van der Waals surface area contributed by atoms with Gasteiger partial charge in [-0.3, -0.25) is 34.0 Å². The lowest BCUT2D eigenvalue weighted by Gasteiger charge is -2.35. The Kier molecular flexibility index (Phi) is 6.82. The van der Waals surface area contributed by atoms with Crippen molar-refractivity contribution in [1.29, 1.82) is 0 Å². The Hall–Kier alpha value is -3.60. The number of fused-ring (bicyclic) bond motifs is 1. The third kappa shape index (κ3) is 4.88. The lowest BCUT2D eigenvalue weighted by Crippen LogP contribution is -2.51. The summed E-state index contributed by atoms with van der Waals surface area (Å²) in [5, 5.41) is 2.69. The van der Waals surface area contributed by atoms with Crippen molar-refractivity contribution in [3.8, 4) is 0 Å². The second kappa shape index (κ2) is 10.2. The molecule has 2 aromatic heterocycles. The third-order valence-corrected chi connectivity index (χ3v) is 7.45. The van der Waals surface area contributed by atoms with Gasteiger partial charge in [0.15, 0.2) is 0 Å². The number of pyridine rings is 1. The molecular formula is C25H22ClN5O4S. The quantitative estimate of drug-likeness (QED) is 0.498. The van der Waals surface area contributed by atoms with E-state index in [2.05, 4.69) is 15.2 Å². The topological polar surface area (TPSA) is 103 Å². The second-order valence-electron chi connectivity index (χ2n) is 8.49. The van der Waals surface area contributed by atoms with E-state index in [1.807, 2.05) is 12.1 Å². The van der Waals surface area contributed by atoms with E-state index in [4.69, 9.17) is 11.6 Å². The van der Waals surface area contributed by atoms with Crippen molar-refractivity contribution < 1.29 is 19.2 Å². The average molecular weight is 524 g/mol. The minimum atomic E-state index is -0.597. The molecule has 11 heteroatoms. The first-order chi connectivity index (χ1) is 17.4. The highest BCUT2D eigenvalue weighted by molar-refractivity contribution is 7.18. The van der Waals surface area contributed by atoms with Gasteiger partial charge in [0.25, 0.3) is 17.7 Å². The summed E-state index contributed by atoms with van der Waals surface area (Å²) in [6.45, 7) is 2.84. The summed E-state index contributed by atoms with van der Waals surface area (Å²) in [5.41, 5.74) is 1.63. The Balaban J connectivity index is 1.22. The van der Waals surface area contributed by atoms with Crippen LogP contribution in [-0.4, -0.2) is 76.0 Å². The molecule has 5 rings (SSSR count). The van der Waals surface area contributed by atoms with E-state index < -0.39 is 17.7 Å². The summed E-state index contributed by atoms with van der Waals surface area (Å²) < 4.78 is 0.465. The zero-order valence-corrected chi connectivity index (χ0v) is 20.7. The summed E-state index contributed by atoms with van der Waals surface area (Å²) in [6, 6.07) is 11.8. The fraction of sp³-hybridized carbons (Fsp3) is 0.240. The Morgan fingerprint density at radius 2 is 1.72 bits per heavy atom. The molecule has 0 aliphatic carbocycles. The van der Waals surface area contributed by atoms with Crippen LogP contribution >= 0.6 is 22.9 Å². The molecule has 2 aliphatic rings. The maximum Gasteiger partial charge on any atom is 0.265 e. The number of carbonyl (C=O) groups is 4. The number of carbonyl (C=O) groups excluding carboxylic acids is 4. The van der Waals surface area contributed by atoms with Gasteiger partial charge >= 0.3 is 0 Å². The number of nitrogens with one attached hydrogen (secondary N) is 1. The molecule has 4 heterocycles. The van der Waals surface area contributed by atoms with Gasteiger partial charge < -0.3 is 10.2 Å². The number of imide groups is 1. The molecule has 1 aromatic carbocycles. The van der Waals surface area contributed by atoms with Gasteiger partial charge in [-0.1, -0.05) is 17.7 Å². The van der Waals surface area contributed by atoms with Crippen molar-refractivity contribution in [3.63, 3.8) is 0 Å². The molecule has 4 amide bonds. The van der Waals surface area contributed by atoms with Gasteiger partial charge in [0.05, 0.1) is 26.0 Å². The van der Waals surface area contributed by atoms with Crippen molar-refractivity contribution in [2.45, 2.75) is 6.54 Å². The molecule has 0 bridgehead atoms. The smallest absolute Gasteiger partial charge is 0.265 e. The number of piperazine rings is 1. The summed E-state index contributed by atoms with van der Waals surface area (Å²) in [6.07, 6.45) is 3.51. The normalized spacial score (nSPS) is 15.8. The Labute approximate surface area is 216 Å². The Morgan fingerprint density at radius 1 is 0.972 bits per heavy atom. The monoisotopic (exact) mass is 523 g/mol. The molecular weight excluding hydrogens is 502 g/mol. The van der Waals surface area contributed by atoms with Crippen molar-refractivity contribution >= 4 is 52.3 Å². The summed E-state index contributed by atoms with van der Waals surface area (Å²) >= 11 is 7.02. The van der Waals surface area contributed by atoms with Crippen molar-refractivity contribution in [3.05, 3.63) is 80.8 Å². The van der Waals surface area contributed by atoms with Crippen LogP contribution in [0.1, 0.15) is 36.0 Å². The fourth-order valence-electron chi connectivity index (χ4n) is 4.34. The number of rotatable bonds is 6. The van der Waals surface area contributed by atoms with Crippen LogP contribution < -0.4 is 5.32 Å². The highest BCUT2D eigenvalue weighted by Crippen LogP contribution is 2.30. The molecule has 36 heavy (non-hydrogen) atoms. The standard InChI is InChI=1S/C25H22ClN5O4S/c26-20-5-4-19(36-20)23(33)28-18-3-1-2-17-22(18)25(35)31(24(17)34)15-21(32)30-12-10-29(11-13-30)14-16-6-8-27-9-7-16/h1-9H,10-15H2,(H,28,33). The first-order valence-corrected chi connectivity index (χ1v) is 12.5. The van der Waals surface area contributed by atoms with E-state index in [0.29, 0.717) is 35.4 Å². The predicted octanol–water partition coefficient (Wildman–Crippen LogP) is 2.99. The molecule has 0 spiro atoms. The predicted molar refractivity (Wildman–Crippen MR) is 135 cm³/mol. The largest absolute Gasteiger partial charge is 0.339 e. The number of halogens is 1. The van der Waals surface area contributed by atoms with Gasteiger partial charge in [-0.15, -0.1) is 11.3 Å². The molecule has 0 saturated carbocycles. The van der Waals surface area contributed by atoms with Gasteiger partial charge in [0.1, 0.15) is 6.54 Å². The zero-order valence-electron chi connectivity index (χ0n) is 19.1. The Morgan fingerprint density at radius 3 is 2.42 bits per heavy atom. The van der Waals surface area contributed by atoms with E-state index in [1.54, 1.807) is 41.6 Å². The van der Waals surface area contributed by atoms with Crippen molar-refractivity contribution in [2.24, 2.45) is 0 Å². The van der Waals surface area contributed by atoms with Crippen LogP contribution in [-0.2, 0) is 11.3 Å². The van der Waals surface area contributed by atoms with Crippen molar-refractivity contribution in [2.75, 3.05) is 38.0 Å². The van der Waals surface area contributed by atoms with Crippen LogP contribution in [0.3, 0.4) is 0 Å². The number of benzene rings is 1. The zero-order chi connectivity index (χ0) is 25.2. The van der Waals surface area contributed by atoms with Gasteiger partial charge in [-0.2, -0.15) is 0 Å². The fourth-order valence-corrected chi connectivity index (χ4v) is 5.28. The Bertz CT molecular complexity index is 1340. The lowest BCUT2D eigenvalue weighted by molar-refractivity contribution is -0.133. The third-order valence-electron chi connectivity index (χ3n) is 6.22. The molecule has 184 valence electrons. The molecule has 3 aromatic rings. The number of thiophene rings is 1. The highest BCUT2D eigenvalue weighted by atomic mass is 35.5. The van der Waals surface area contributed by atoms with Crippen molar-refractivity contribution in [1.82, 2.24) is 19.7 Å². The minimum absolute atomic E-state index is 0.0912. The molecule has 1 saturated heterocycles. The van der Waals surface area contributed by atoms with Crippen LogP contribution in [0.2, 0.25) is 4.34 Å². The van der Waals surface area contributed by atoms with E-state index in [0.717, 1.165) is 28.3 Å². The van der Waals surface area contributed by atoms with Crippen LogP contribution in [0, 0.1) is 0 Å². The molecule has 9 nitrogen and oxygen atoms in total. The number of hydrogen-bond donors (Lipinski definition) is 1. The summed E-state index contributed by atoms with van der Waals surface area (Å²) in [7, 11) is 0. The van der Waals surface area contributed by atoms with E-state index in [9.17, 15) is 19.2 Å². The SMILES string of the molecule is O=C(Nc1cccc2c1C(=O)N(CC(=O)N1CCN(Cc3ccncc3)CC1)C2=O)c1ccc(Cl)s1. The number of nitrogens with zero attached hydrogens (tertiary/aromatic N) is 4. The molecule has 2 aliphatic heterocycles. The summed E-state index contributed by atoms with van der Waals surface area (Å²) in [4.78, 5) is 61.0. The number of hydrogen-bond acceptors (Lipinski definition) is 7. The van der Waals surface area contributed by atoms with Crippen LogP contribution in [0.15, 0.2) is 54.9 Å². The number of anilines is 1.